The lowest BCUT2D eigenvalue weighted by atomic mass is 9.92. The standard InChI is InChI=1S/C18H28N4O3/c1-18(2)11-14(8-10-25-18)19-17(23)13-5-4-9-22(12-13)15-6-7-16(24-3)21-20-15/h6-7,13-14H,4-5,8-12H2,1-3H3,(H,19,23)/t13-,14+/m1/s1. The molecule has 7 heteroatoms. The van der Waals surface area contributed by atoms with E-state index >= 15 is 0 Å². The van der Waals surface area contributed by atoms with Crippen LogP contribution < -0.4 is 15.0 Å². The maximum absolute atomic E-state index is 12.7. The summed E-state index contributed by atoms with van der Waals surface area (Å²) in [5.74, 6) is 1.43. The number of rotatable bonds is 4. The van der Waals surface area contributed by atoms with Crippen molar-refractivity contribution in [1.82, 2.24) is 15.5 Å². The molecule has 138 valence electrons. The molecule has 0 spiro atoms. The summed E-state index contributed by atoms with van der Waals surface area (Å²) in [6, 6.07) is 3.90. The Morgan fingerprint density at radius 3 is 2.88 bits per heavy atom. The number of nitrogens with zero attached hydrogens (tertiary/aromatic N) is 3. The molecule has 2 atom stereocenters. The van der Waals surface area contributed by atoms with E-state index in [1.807, 2.05) is 6.07 Å². The summed E-state index contributed by atoms with van der Waals surface area (Å²) in [5.41, 5.74) is -0.159. The van der Waals surface area contributed by atoms with E-state index in [-0.39, 0.29) is 23.5 Å². The summed E-state index contributed by atoms with van der Waals surface area (Å²) in [6.45, 7) is 6.44. The molecule has 0 radical (unpaired) electrons. The lowest BCUT2D eigenvalue weighted by molar-refractivity contribution is -0.128. The Morgan fingerprint density at radius 1 is 1.36 bits per heavy atom. The third-order valence-corrected chi connectivity index (χ3v) is 4.99. The van der Waals surface area contributed by atoms with E-state index in [0.717, 1.165) is 38.0 Å². The van der Waals surface area contributed by atoms with Crippen LogP contribution in [-0.4, -0.2) is 54.6 Å². The van der Waals surface area contributed by atoms with Gasteiger partial charge in [0.1, 0.15) is 0 Å². The zero-order valence-electron chi connectivity index (χ0n) is 15.3. The van der Waals surface area contributed by atoms with Crippen molar-refractivity contribution in [2.24, 2.45) is 5.92 Å². The van der Waals surface area contributed by atoms with Crippen LogP contribution in [0.4, 0.5) is 5.82 Å². The van der Waals surface area contributed by atoms with E-state index < -0.39 is 0 Å². The zero-order chi connectivity index (χ0) is 17.9. The Hall–Kier alpha value is -1.89. The van der Waals surface area contributed by atoms with Gasteiger partial charge in [-0.05, 0) is 45.6 Å². The van der Waals surface area contributed by atoms with Crippen LogP contribution in [0.5, 0.6) is 5.88 Å². The number of hydrogen-bond acceptors (Lipinski definition) is 6. The monoisotopic (exact) mass is 348 g/mol. The number of ether oxygens (including phenoxy) is 2. The molecule has 2 fully saturated rings. The predicted molar refractivity (Wildman–Crippen MR) is 94.7 cm³/mol. The van der Waals surface area contributed by atoms with Gasteiger partial charge in [-0.25, -0.2) is 0 Å². The number of carbonyl (C=O) groups is 1. The molecule has 7 nitrogen and oxygen atoms in total. The molecule has 1 N–H and O–H groups in total. The average Bonchev–Trinajstić information content (AvgIpc) is 2.61. The lowest BCUT2D eigenvalue weighted by Crippen LogP contribution is -2.50. The van der Waals surface area contributed by atoms with E-state index in [2.05, 4.69) is 34.3 Å². The molecule has 2 aliphatic heterocycles. The highest BCUT2D eigenvalue weighted by Gasteiger charge is 2.32. The van der Waals surface area contributed by atoms with Crippen molar-refractivity contribution in [1.29, 1.82) is 0 Å². The Labute approximate surface area is 149 Å². The van der Waals surface area contributed by atoms with E-state index in [1.165, 1.54) is 0 Å². The highest BCUT2D eigenvalue weighted by molar-refractivity contribution is 5.79. The fourth-order valence-corrected chi connectivity index (χ4v) is 3.66. The molecular formula is C18H28N4O3. The summed E-state index contributed by atoms with van der Waals surface area (Å²) in [6.07, 6.45) is 3.64. The first-order chi connectivity index (χ1) is 12.0. The van der Waals surface area contributed by atoms with Crippen LogP contribution in [0, 0.1) is 5.92 Å². The van der Waals surface area contributed by atoms with Crippen molar-refractivity contribution in [2.45, 2.75) is 51.2 Å². The maximum atomic E-state index is 12.7. The summed E-state index contributed by atoms with van der Waals surface area (Å²) < 4.78 is 10.8. The summed E-state index contributed by atoms with van der Waals surface area (Å²) in [5, 5.41) is 11.5. The normalized spacial score (nSPS) is 26.1. The van der Waals surface area contributed by atoms with E-state index in [0.29, 0.717) is 19.0 Å². The van der Waals surface area contributed by atoms with Crippen LogP contribution in [-0.2, 0) is 9.53 Å². The van der Waals surface area contributed by atoms with Gasteiger partial charge in [0.15, 0.2) is 5.82 Å². The van der Waals surface area contributed by atoms with Gasteiger partial charge >= 0.3 is 0 Å². The quantitative estimate of drug-likeness (QED) is 0.894. The van der Waals surface area contributed by atoms with Gasteiger partial charge in [0.25, 0.3) is 0 Å². The number of hydrogen-bond donors (Lipinski definition) is 1. The Kier molecular flexibility index (Phi) is 5.42. The molecule has 0 aromatic carbocycles. The zero-order valence-corrected chi connectivity index (χ0v) is 15.3. The highest BCUT2D eigenvalue weighted by Crippen LogP contribution is 2.26. The fraction of sp³-hybridized carbons (Fsp3) is 0.722. The first-order valence-corrected chi connectivity index (χ1v) is 9.04. The van der Waals surface area contributed by atoms with Gasteiger partial charge in [0.2, 0.25) is 11.8 Å². The van der Waals surface area contributed by atoms with E-state index in [9.17, 15) is 4.79 Å². The van der Waals surface area contributed by atoms with Crippen molar-refractivity contribution in [3.05, 3.63) is 12.1 Å². The van der Waals surface area contributed by atoms with Crippen LogP contribution >= 0.6 is 0 Å². The van der Waals surface area contributed by atoms with Gasteiger partial charge in [-0.3, -0.25) is 4.79 Å². The smallest absolute Gasteiger partial charge is 0.233 e. The van der Waals surface area contributed by atoms with Crippen LogP contribution in [0.3, 0.4) is 0 Å². The molecule has 0 saturated carbocycles. The number of carbonyl (C=O) groups excluding carboxylic acids is 1. The molecule has 2 aliphatic rings. The second-order valence-electron chi connectivity index (χ2n) is 7.53. The van der Waals surface area contributed by atoms with Gasteiger partial charge in [0.05, 0.1) is 18.6 Å². The summed E-state index contributed by atoms with van der Waals surface area (Å²) in [7, 11) is 1.57. The summed E-state index contributed by atoms with van der Waals surface area (Å²) in [4.78, 5) is 14.9. The number of amides is 1. The second-order valence-corrected chi connectivity index (χ2v) is 7.53. The molecule has 0 aliphatic carbocycles. The number of piperidine rings is 1. The molecule has 1 amide bonds. The molecule has 3 rings (SSSR count). The number of nitrogens with one attached hydrogen (secondary N) is 1. The molecule has 25 heavy (non-hydrogen) atoms. The first-order valence-electron chi connectivity index (χ1n) is 9.04. The number of anilines is 1. The molecule has 0 bridgehead atoms. The van der Waals surface area contributed by atoms with Crippen LogP contribution in [0.25, 0.3) is 0 Å². The highest BCUT2D eigenvalue weighted by atomic mass is 16.5. The Morgan fingerprint density at radius 2 is 2.20 bits per heavy atom. The predicted octanol–water partition coefficient (Wildman–Crippen LogP) is 1.78. The molecule has 2 saturated heterocycles. The van der Waals surface area contributed by atoms with Gasteiger partial charge in [0, 0.05) is 31.8 Å². The van der Waals surface area contributed by atoms with Crippen molar-refractivity contribution < 1.29 is 14.3 Å². The minimum atomic E-state index is -0.159. The van der Waals surface area contributed by atoms with Crippen molar-refractivity contribution in [3.8, 4) is 5.88 Å². The van der Waals surface area contributed by atoms with Crippen LogP contribution in [0.15, 0.2) is 12.1 Å². The first kappa shape index (κ1) is 17.9. The minimum absolute atomic E-state index is 0.0105. The third-order valence-electron chi connectivity index (χ3n) is 4.99. The van der Waals surface area contributed by atoms with E-state index in [4.69, 9.17) is 9.47 Å². The lowest BCUT2D eigenvalue weighted by Gasteiger charge is -2.37. The molecule has 3 heterocycles. The SMILES string of the molecule is COc1ccc(N2CCC[C@@H](C(=O)N[C@H]3CCOC(C)(C)C3)C2)nn1. The van der Waals surface area contributed by atoms with Gasteiger partial charge in [-0.15, -0.1) is 10.2 Å². The van der Waals surface area contributed by atoms with Crippen molar-refractivity contribution in [2.75, 3.05) is 31.7 Å². The topological polar surface area (TPSA) is 76.6 Å². The van der Waals surface area contributed by atoms with Crippen molar-refractivity contribution in [3.63, 3.8) is 0 Å². The minimum Gasteiger partial charge on any atom is -0.480 e. The molecule has 1 aromatic rings. The van der Waals surface area contributed by atoms with Gasteiger partial charge < -0.3 is 19.7 Å². The van der Waals surface area contributed by atoms with Crippen molar-refractivity contribution >= 4 is 11.7 Å². The molecule has 0 unspecified atom stereocenters. The number of methoxy groups -OCH3 is 1. The van der Waals surface area contributed by atoms with Gasteiger partial charge in [-0.2, -0.15) is 0 Å². The van der Waals surface area contributed by atoms with Crippen LogP contribution in [0.2, 0.25) is 0 Å². The average molecular weight is 348 g/mol. The fourth-order valence-electron chi connectivity index (χ4n) is 3.66. The largest absolute Gasteiger partial charge is 0.480 e. The Bertz CT molecular complexity index is 590. The second kappa shape index (κ2) is 7.56. The summed E-state index contributed by atoms with van der Waals surface area (Å²) >= 11 is 0. The van der Waals surface area contributed by atoms with E-state index in [1.54, 1.807) is 13.2 Å². The molecule has 1 aromatic heterocycles. The Balaban J connectivity index is 1.57. The van der Waals surface area contributed by atoms with Crippen LogP contribution in [0.1, 0.15) is 39.5 Å². The maximum Gasteiger partial charge on any atom is 0.233 e. The third kappa shape index (κ3) is 4.60. The number of aromatic nitrogens is 2. The van der Waals surface area contributed by atoms with Gasteiger partial charge in [-0.1, -0.05) is 0 Å². The molecular weight excluding hydrogens is 320 g/mol.